The minimum Gasteiger partial charge on any atom is -0.338 e. The largest absolute Gasteiger partial charge is 0.338 e. The third kappa shape index (κ3) is 4.98. The Kier molecular flexibility index (Phi) is 6.91. The van der Waals surface area contributed by atoms with Gasteiger partial charge in [0.1, 0.15) is 0 Å². The number of carbonyl (C=O) groups excluding carboxylic acids is 1. The molecule has 0 saturated carbocycles. The summed E-state index contributed by atoms with van der Waals surface area (Å²) in [6.07, 6.45) is 7.22. The quantitative estimate of drug-likeness (QED) is 0.722. The molecule has 2 aliphatic rings. The lowest BCUT2D eigenvalue weighted by molar-refractivity contribution is 0.135. The van der Waals surface area contributed by atoms with Crippen LogP contribution in [0.4, 0.5) is 4.79 Å². The number of rotatable bonds is 7. The Morgan fingerprint density at radius 1 is 1.23 bits per heavy atom. The number of nitrogens with one attached hydrogen (secondary N) is 2. The lowest BCUT2D eigenvalue weighted by atomic mass is 9.93. The minimum atomic E-state index is -0.0525. The number of urea groups is 1. The summed E-state index contributed by atoms with van der Waals surface area (Å²) in [6, 6.07) is 0.0468. The minimum absolute atomic E-state index is 0.0525. The van der Waals surface area contributed by atoms with E-state index in [0.29, 0.717) is 0 Å². The van der Waals surface area contributed by atoms with Crippen molar-refractivity contribution in [3.8, 4) is 0 Å². The summed E-state index contributed by atoms with van der Waals surface area (Å²) < 4.78 is 1.93. The highest BCUT2D eigenvalue weighted by molar-refractivity contribution is 5.74. The summed E-state index contributed by atoms with van der Waals surface area (Å²) in [4.78, 5) is 17.2. The lowest BCUT2D eigenvalue weighted by Gasteiger charge is -2.34. The molecule has 0 aromatic carbocycles. The van der Waals surface area contributed by atoms with E-state index in [1.54, 1.807) is 0 Å². The molecule has 1 unspecified atom stereocenters. The predicted octanol–water partition coefficient (Wildman–Crippen LogP) is 1.51. The van der Waals surface area contributed by atoms with Gasteiger partial charge in [0.25, 0.3) is 0 Å². The highest BCUT2D eigenvalue weighted by atomic mass is 16.2. The summed E-state index contributed by atoms with van der Waals surface area (Å²) >= 11 is 0. The number of unbranched alkanes of at least 4 members (excludes halogenated alkanes) is 1. The average Bonchev–Trinajstić information content (AvgIpc) is 3.04. The smallest absolute Gasteiger partial charge is 0.315 e. The number of hydrogen-bond donors (Lipinski definition) is 2. The molecule has 146 valence electrons. The molecule has 1 atom stereocenters. The van der Waals surface area contributed by atoms with Crippen molar-refractivity contribution in [2.24, 2.45) is 7.05 Å². The standard InChI is InChI=1S/C19H34N6O/c1-3-24-11-13-25(14-12-24)10-5-4-9-20-19(26)22-17-7-6-8-18-16(17)15-21-23(18)2/h15,17H,3-14H2,1-2H3,(H2,20,22,26). The zero-order valence-corrected chi connectivity index (χ0v) is 16.3. The number of nitrogens with zero attached hydrogens (tertiary/aromatic N) is 4. The SMILES string of the molecule is CCN1CCN(CCCCNC(=O)NC2CCCc3c2cnn3C)CC1. The number of likely N-dealkylation sites (N-methyl/N-ethyl adjacent to an activating group) is 1. The van der Waals surface area contributed by atoms with Gasteiger partial charge in [-0.3, -0.25) is 4.68 Å². The molecular weight excluding hydrogens is 328 g/mol. The number of piperazine rings is 1. The molecule has 1 aliphatic heterocycles. The second-order valence-electron chi connectivity index (χ2n) is 7.50. The monoisotopic (exact) mass is 362 g/mol. The van der Waals surface area contributed by atoms with Crippen LogP contribution < -0.4 is 10.6 Å². The van der Waals surface area contributed by atoms with Gasteiger partial charge in [-0.15, -0.1) is 0 Å². The van der Waals surface area contributed by atoms with Crippen molar-refractivity contribution in [2.75, 3.05) is 45.8 Å². The fraction of sp³-hybridized carbons (Fsp3) is 0.789. The number of aromatic nitrogens is 2. The third-order valence-electron chi connectivity index (χ3n) is 5.78. The van der Waals surface area contributed by atoms with Crippen molar-refractivity contribution >= 4 is 6.03 Å². The zero-order chi connectivity index (χ0) is 18.4. The van der Waals surface area contributed by atoms with Crippen LogP contribution in [-0.2, 0) is 13.5 Å². The maximum Gasteiger partial charge on any atom is 0.315 e. The Morgan fingerprint density at radius 2 is 2.00 bits per heavy atom. The molecule has 0 spiro atoms. The zero-order valence-electron chi connectivity index (χ0n) is 16.3. The molecule has 0 radical (unpaired) electrons. The molecule has 1 fully saturated rings. The van der Waals surface area contributed by atoms with Crippen LogP contribution in [0.5, 0.6) is 0 Å². The Labute approximate surface area is 157 Å². The first kappa shape index (κ1) is 19.2. The molecule has 2 amide bonds. The van der Waals surface area contributed by atoms with Gasteiger partial charge in [0.15, 0.2) is 0 Å². The van der Waals surface area contributed by atoms with Crippen LogP contribution >= 0.6 is 0 Å². The van der Waals surface area contributed by atoms with Gasteiger partial charge in [-0.05, 0) is 45.2 Å². The Morgan fingerprint density at radius 3 is 2.77 bits per heavy atom. The molecule has 1 aromatic rings. The van der Waals surface area contributed by atoms with Crippen molar-refractivity contribution in [1.29, 1.82) is 0 Å². The van der Waals surface area contributed by atoms with Crippen molar-refractivity contribution < 1.29 is 4.79 Å². The number of hydrogen-bond acceptors (Lipinski definition) is 4. The normalized spacial score (nSPS) is 21.4. The van der Waals surface area contributed by atoms with Gasteiger partial charge in [-0.1, -0.05) is 6.92 Å². The van der Waals surface area contributed by atoms with Crippen LogP contribution in [0.1, 0.15) is 49.9 Å². The topological polar surface area (TPSA) is 65.4 Å². The molecular formula is C19H34N6O. The van der Waals surface area contributed by atoms with E-state index in [0.717, 1.165) is 51.7 Å². The fourth-order valence-corrected chi connectivity index (χ4v) is 4.06. The maximum atomic E-state index is 12.2. The van der Waals surface area contributed by atoms with Crippen molar-refractivity contribution in [3.05, 3.63) is 17.5 Å². The Balaban J connectivity index is 1.29. The van der Waals surface area contributed by atoms with E-state index in [9.17, 15) is 4.79 Å². The predicted molar refractivity (Wildman–Crippen MR) is 103 cm³/mol. The van der Waals surface area contributed by atoms with Crippen LogP contribution in [0.2, 0.25) is 0 Å². The van der Waals surface area contributed by atoms with Crippen LogP contribution in [0.3, 0.4) is 0 Å². The summed E-state index contributed by atoms with van der Waals surface area (Å²) in [7, 11) is 1.98. The fourth-order valence-electron chi connectivity index (χ4n) is 4.06. The van der Waals surface area contributed by atoms with Gasteiger partial charge in [-0.2, -0.15) is 5.10 Å². The molecule has 3 rings (SSSR count). The van der Waals surface area contributed by atoms with Crippen molar-refractivity contribution in [2.45, 2.75) is 45.1 Å². The van der Waals surface area contributed by atoms with Crippen LogP contribution in [0.15, 0.2) is 6.20 Å². The number of carbonyl (C=O) groups is 1. The second kappa shape index (κ2) is 9.37. The number of amides is 2. The molecule has 1 aromatic heterocycles. The summed E-state index contributed by atoms with van der Waals surface area (Å²) in [5, 5.41) is 10.5. The van der Waals surface area contributed by atoms with Gasteiger partial charge >= 0.3 is 6.03 Å². The first-order chi connectivity index (χ1) is 12.7. The van der Waals surface area contributed by atoms with E-state index in [1.807, 2.05) is 17.9 Å². The Bertz CT molecular complexity index is 579. The van der Waals surface area contributed by atoms with E-state index >= 15 is 0 Å². The van der Waals surface area contributed by atoms with E-state index in [2.05, 4.69) is 32.5 Å². The first-order valence-corrected chi connectivity index (χ1v) is 10.2. The molecule has 1 saturated heterocycles. The Hall–Kier alpha value is -1.60. The number of aryl methyl sites for hydroxylation is 1. The highest BCUT2D eigenvalue weighted by Gasteiger charge is 2.24. The summed E-state index contributed by atoms with van der Waals surface area (Å²) in [5.41, 5.74) is 2.44. The molecule has 1 aliphatic carbocycles. The van der Waals surface area contributed by atoms with Gasteiger partial charge in [0, 0.05) is 51.0 Å². The van der Waals surface area contributed by atoms with Crippen LogP contribution in [-0.4, -0.2) is 71.4 Å². The summed E-state index contributed by atoms with van der Waals surface area (Å²) in [6.45, 7) is 10.0. The molecule has 26 heavy (non-hydrogen) atoms. The number of fused-ring (bicyclic) bond motifs is 1. The molecule has 2 heterocycles. The van der Waals surface area contributed by atoms with Gasteiger partial charge in [0.2, 0.25) is 0 Å². The van der Waals surface area contributed by atoms with Gasteiger partial charge < -0.3 is 20.4 Å². The van der Waals surface area contributed by atoms with Crippen LogP contribution in [0.25, 0.3) is 0 Å². The molecule has 2 N–H and O–H groups in total. The maximum absolute atomic E-state index is 12.2. The van der Waals surface area contributed by atoms with Crippen LogP contribution in [0, 0.1) is 0 Å². The molecule has 7 nitrogen and oxygen atoms in total. The van der Waals surface area contributed by atoms with E-state index in [1.165, 1.54) is 37.4 Å². The van der Waals surface area contributed by atoms with Gasteiger partial charge in [0.05, 0.1) is 12.2 Å². The first-order valence-electron chi connectivity index (χ1n) is 10.2. The molecule has 7 heteroatoms. The summed E-state index contributed by atoms with van der Waals surface area (Å²) in [5.74, 6) is 0. The lowest BCUT2D eigenvalue weighted by Crippen LogP contribution is -2.46. The average molecular weight is 363 g/mol. The van der Waals surface area contributed by atoms with Crippen molar-refractivity contribution in [1.82, 2.24) is 30.2 Å². The van der Waals surface area contributed by atoms with Crippen molar-refractivity contribution in [3.63, 3.8) is 0 Å². The third-order valence-corrected chi connectivity index (χ3v) is 5.78. The molecule has 0 bridgehead atoms. The second-order valence-corrected chi connectivity index (χ2v) is 7.50. The highest BCUT2D eigenvalue weighted by Crippen LogP contribution is 2.28. The van der Waals surface area contributed by atoms with E-state index in [4.69, 9.17) is 0 Å². The van der Waals surface area contributed by atoms with E-state index in [-0.39, 0.29) is 12.1 Å². The van der Waals surface area contributed by atoms with Gasteiger partial charge in [-0.25, -0.2) is 4.79 Å². The van der Waals surface area contributed by atoms with E-state index < -0.39 is 0 Å².